The minimum absolute atomic E-state index is 0.0952. The lowest BCUT2D eigenvalue weighted by Gasteiger charge is -2.27. The minimum atomic E-state index is -0.712. The summed E-state index contributed by atoms with van der Waals surface area (Å²) in [4.78, 5) is 4.31. The van der Waals surface area contributed by atoms with Gasteiger partial charge in [0.2, 0.25) is 0 Å². The summed E-state index contributed by atoms with van der Waals surface area (Å²) in [6.07, 6.45) is 5.07. The maximum Gasteiger partial charge on any atom is 0.111 e. The van der Waals surface area contributed by atoms with Crippen molar-refractivity contribution in [2.24, 2.45) is 0 Å². The molecule has 4 nitrogen and oxygen atoms in total. The van der Waals surface area contributed by atoms with Gasteiger partial charge in [0.25, 0.3) is 0 Å². The Hall–Kier alpha value is -0.870. The first-order chi connectivity index (χ1) is 8.23. The zero-order chi connectivity index (χ0) is 13.8. The van der Waals surface area contributed by atoms with Gasteiger partial charge in [0.1, 0.15) is 5.82 Å². The lowest BCUT2D eigenvalue weighted by Crippen LogP contribution is -2.40. The standard InChI is InChI=1S/C14H27N3O/c1-6-17-10-9-15-12(17)11-14(5,18)7-8-16-13(2,3)4/h9-10,16,18H,6-8,11H2,1-5H3. The molecule has 0 spiro atoms. The van der Waals surface area contributed by atoms with Crippen LogP contribution in [0.15, 0.2) is 12.4 Å². The smallest absolute Gasteiger partial charge is 0.111 e. The molecular formula is C14H27N3O. The first-order valence-electron chi connectivity index (χ1n) is 6.71. The van der Waals surface area contributed by atoms with Gasteiger partial charge in [-0.15, -0.1) is 0 Å². The highest BCUT2D eigenvalue weighted by Gasteiger charge is 2.23. The van der Waals surface area contributed by atoms with E-state index in [1.807, 2.05) is 13.1 Å². The van der Waals surface area contributed by atoms with Gasteiger partial charge in [-0.05, 0) is 47.6 Å². The van der Waals surface area contributed by atoms with Gasteiger partial charge in [-0.2, -0.15) is 0 Å². The average molecular weight is 253 g/mol. The summed E-state index contributed by atoms with van der Waals surface area (Å²) < 4.78 is 2.08. The number of hydrogen-bond acceptors (Lipinski definition) is 3. The number of nitrogens with one attached hydrogen (secondary N) is 1. The number of nitrogens with zero attached hydrogens (tertiary/aromatic N) is 2. The van der Waals surface area contributed by atoms with Crippen LogP contribution < -0.4 is 5.32 Å². The Morgan fingerprint density at radius 1 is 1.33 bits per heavy atom. The minimum Gasteiger partial charge on any atom is -0.390 e. The van der Waals surface area contributed by atoms with Crippen LogP contribution in [0.2, 0.25) is 0 Å². The van der Waals surface area contributed by atoms with Crippen LogP contribution in [-0.4, -0.2) is 32.3 Å². The summed E-state index contributed by atoms with van der Waals surface area (Å²) >= 11 is 0. The quantitative estimate of drug-likeness (QED) is 0.815. The first-order valence-corrected chi connectivity index (χ1v) is 6.71. The van der Waals surface area contributed by atoms with Crippen LogP contribution in [0, 0.1) is 0 Å². The first kappa shape index (κ1) is 15.2. The lowest BCUT2D eigenvalue weighted by molar-refractivity contribution is 0.0472. The van der Waals surface area contributed by atoms with Gasteiger partial charge in [0.15, 0.2) is 0 Å². The van der Waals surface area contributed by atoms with E-state index in [4.69, 9.17) is 0 Å². The highest BCUT2D eigenvalue weighted by molar-refractivity contribution is 4.97. The van der Waals surface area contributed by atoms with E-state index in [9.17, 15) is 5.11 Å². The Bertz CT molecular complexity index is 363. The molecule has 0 amide bonds. The maximum absolute atomic E-state index is 10.4. The van der Waals surface area contributed by atoms with Crippen LogP contribution >= 0.6 is 0 Å². The SMILES string of the molecule is CCn1ccnc1CC(C)(O)CCNC(C)(C)C. The zero-order valence-corrected chi connectivity index (χ0v) is 12.3. The van der Waals surface area contributed by atoms with E-state index in [2.05, 4.69) is 42.6 Å². The van der Waals surface area contributed by atoms with Crippen molar-refractivity contribution in [3.05, 3.63) is 18.2 Å². The molecule has 1 aromatic rings. The Kier molecular flexibility index (Phi) is 4.93. The van der Waals surface area contributed by atoms with Crippen molar-refractivity contribution in [3.8, 4) is 0 Å². The molecule has 0 saturated heterocycles. The molecule has 0 aliphatic heterocycles. The van der Waals surface area contributed by atoms with E-state index in [1.54, 1.807) is 6.20 Å². The van der Waals surface area contributed by atoms with E-state index < -0.39 is 5.60 Å². The molecule has 0 aliphatic carbocycles. The maximum atomic E-state index is 10.4. The molecule has 0 aromatic carbocycles. The largest absolute Gasteiger partial charge is 0.390 e. The fourth-order valence-electron chi connectivity index (χ4n) is 1.93. The predicted molar refractivity (Wildman–Crippen MR) is 74.6 cm³/mol. The summed E-state index contributed by atoms with van der Waals surface area (Å²) in [6.45, 7) is 12.1. The van der Waals surface area contributed by atoms with Crippen molar-refractivity contribution in [1.29, 1.82) is 0 Å². The summed E-state index contributed by atoms with van der Waals surface area (Å²) in [5, 5.41) is 13.8. The molecule has 1 unspecified atom stereocenters. The Balaban J connectivity index is 2.49. The Labute approximate surface area is 110 Å². The molecule has 4 heteroatoms. The molecule has 1 atom stereocenters. The van der Waals surface area contributed by atoms with E-state index in [1.165, 1.54) is 0 Å². The summed E-state index contributed by atoms with van der Waals surface area (Å²) in [7, 11) is 0. The predicted octanol–water partition coefficient (Wildman–Crippen LogP) is 1.97. The van der Waals surface area contributed by atoms with Gasteiger partial charge in [0, 0.05) is 30.9 Å². The van der Waals surface area contributed by atoms with Crippen molar-refractivity contribution in [2.45, 2.75) is 65.1 Å². The topological polar surface area (TPSA) is 50.1 Å². The molecule has 0 radical (unpaired) electrons. The van der Waals surface area contributed by atoms with Crippen LogP contribution in [0.1, 0.15) is 46.9 Å². The third kappa shape index (κ3) is 5.19. The molecule has 1 heterocycles. The second-order valence-corrected chi connectivity index (χ2v) is 6.23. The van der Waals surface area contributed by atoms with E-state index in [0.29, 0.717) is 6.42 Å². The highest BCUT2D eigenvalue weighted by Crippen LogP contribution is 2.16. The molecule has 0 aliphatic rings. The summed E-state index contributed by atoms with van der Waals surface area (Å²) in [5.74, 6) is 0.957. The zero-order valence-electron chi connectivity index (χ0n) is 12.3. The Morgan fingerprint density at radius 3 is 2.56 bits per heavy atom. The number of hydrogen-bond donors (Lipinski definition) is 2. The van der Waals surface area contributed by atoms with Crippen molar-refractivity contribution >= 4 is 0 Å². The molecule has 1 aromatic heterocycles. The average Bonchev–Trinajstić information content (AvgIpc) is 2.61. The molecule has 0 bridgehead atoms. The summed E-state index contributed by atoms with van der Waals surface area (Å²) in [5.41, 5.74) is -0.617. The van der Waals surface area contributed by atoms with Gasteiger partial charge in [-0.1, -0.05) is 0 Å². The molecule has 1 rings (SSSR count). The van der Waals surface area contributed by atoms with Gasteiger partial charge < -0.3 is 15.0 Å². The molecule has 104 valence electrons. The molecular weight excluding hydrogens is 226 g/mol. The van der Waals surface area contributed by atoms with Crippen molar-refractivity contribution in [3.63, 3.8) is 0 Å². The van der Waals surface area contributed by atoms with Gasteiger partial charge >= 0.3 is 0 Å². The van der Waals surface area contributed by atoms with Gasteiger partial charge in [-0.25, -0.2) is 4.98 Å². The normalized spacial score (nSPS) is 15.7. The van der Waals surface area contributed by atoms with E-state index >= 15 is 0 Å². The van der Waals surface area contributed by atoms with Gasteiger partial charge in [-0.3, -0.25) is 0 Å². The van der Waals surface area contributed by atoms with Crippen LogP contribution in [0.3, 0.4) is 0 Å². The van der Waals surface area contributed by atoms with Crippen molar-refractivity contribution < 1.29 is 5.11 Å². The molecule has 0 fully saturated rings. The molecule has 2 N–H and O–H groups in total. The Morgan fingerprint density at radius 2 is 2.00 bits per heavy atom. The van der Waals surface area contributed by atoms with Crippen LogP contribution in [0.4, 0.5) is 0 Å². The molecule has 18 heavy (non-hydrogen) atoms. The molecule has 0 saturated carbocycles. The third-order valence-corrected chi connectivity index (χ3v) is 3.00. The second kappa shape index (κ2) is 5.85. The second-order valence-electron chi connectivity index (χ2n) is 6.23. The van der Waals surface area contributed by atoms with Crippen LogP contribution in [0.25, 0.3) is 0 Å². The number of aromatic nitrogens is 2. The number of imidazole rings is 1. The number of aliphatic hydroxyl groups is 1. The summed E-state index contributed by atoms with van der Waals surface area (Å²) in [6, 6.07) is 0. The van der Waals surface area contributed by atoms with E-state index in [-0.39, 0.29) is 5.54 Å². The van der Waals surface area contributed by atoms with Crippen molar-refractivity contribution in [1.82, 2.24) is 14.9 Å². The van der Waals surface area contributed by atoms with Crippen LogP contribution in [0.5, 0.6) is 0 Å². The number of aryl methyl sites for hydroxylation is 1. The number of rotatable bonds is 6. The lowest BCUT2D eigenvalue weighted by atomic mass is 9.97. The fourth-order valence-corrected chi connectivity index (χ4v) is 1.93. The fraction of sp³-hybridized carbons (Fsp3) is 0.786. The van der Waals surface area contributed by atoms with Crippen LogP contribution in [-0.2, 0) is 13.0 Å². The van der Waals surface area contributed by atoms with E-state index in [0.717, 1.165) is 25.3 Å². The van der Waals surface area contributed by atoms with Gasteiger partial charge in [0.05, 0.1) is 5.60 Å². The third-order valence-electron chi connectivity index (χ3n) is 3.00. The van der Waals surface area contributed by atoms with Crippen molar-refractivity contribution in [2.75, 3.05) is 6.54 Å². The highest BCUT2D eigenvalue weighted by atomic mass is 16.3. The monoisotopic (exact) mass is 253 g/mol.